The standard InChI is InChI=1S/C16H13BrN2S/c17-14-8-6-12(7-9-14)11-19-16(20)10-15(18-19)13-4-2-1-3-5-13/h1-10,18H,11H2. The van der Waals surface area contributed by atoms with E-state index in [1.807, 2.05) is 41.1 Å². The van der Waals surface area contributed by atoms with Gasteiger partial charge in [0.05, 0.1) is 12.2 Å². The van der Waals surface area contributed by atoms with Crippen molar-refractivity contribution < 1.29 is 0 Å². The summed E-state index contributed by atoms with van der Waals surface area (Å²) in [6.07, 6.45) is 0. The van der Waals surface area contributed by atoms with Crippen LogP contribution in [0.4, 0.5) is 0 Å². The van der Waals surface area contributed by atoms with E-state index in [9.17, 15) is 0 Å². The van der Waals surface area contributed by atoms with E-state index in [4.69, 9.17) is 12.2 Å². The molecule has 1 heterocycles. The van der Waals surface area contributed by atoms with Gasteiger partial charge in [-0.2, -0.15) is 0 Å². The highest BCUT2D eigenvalue weighted by Gasteiger charge is 2.03. The second kappa shape index (κ2) is 5.77. The average molecular weight is 345 g/mol. The second-order valence-electron chi connectivity index (χ2n) is 4.59. The van der Waals surface area contributed by atoms with Gasteiger partial charge in [-0.15, -0.1) is 0 Å². The molecule has 0 radical (unpaired) electrons. The van der Waals surface area contributed by atoms with Crippen LogP contribution >= 0.6 is 28.1 Å². The van der Waals surface area contributed by atoms with Gasteiger partial charge in [-0.25, -0.2) is 0 Å². The minimum atomic E-state index is 0.749. The van der Waals surface area contributed by atoms with E-state index in [0.29, 0.717) is 0 Å². The van der Waals surface area contributed by atoms with E-state index >= 15 is 0 Å². The summed E-state index contributed by atoms with van der Waals surface area (Å²) in [5, 5.41) is 3.36. The number of nitrogens with zero attached hydrogens (tertiary/aromatic N) is 1. The first-order chi connectivity index (χ1) is 9.72. The van der Waals surface area contributed by atoms with Crippen LogP contribution < -0.4 is 0 Å². The van der Waals surface area contributed by atoms with E-state index in [1.165, 1.54) is 5.56 Å². The van der Waals surface area contributed by atoms with Crippen LogP contribution in [0.25, 0.3) is 11.3 Å². The van der Waals surface area contributed by atoms with Gasteiger partial charge in [0.2, 0.25) is 0 Å². The SMILES string of the molecule is S=c1cc(-c2ccccc2)[nH]n1Cc1ccc(Br)cc1. The Balaban J connectivity index is 1.90. The molecule has 1 N–H and O–H groups in total. The normalized spacial score (nSPS) is 10.7. The Bertz CT molecular complexity index is 757. The minimum absolute atomic E-state index is 0.749. The first-order valence-corrected chi connectivity index (χ1v) is 7.52. The van der Waals surface area contributed by atoms with Crippen molar-refractivity contribution in [3.63, 3.8) is 0 Å². The van der Waals surface area contributed by atoms with Gasteiger partial charge >= 0.3 is 0 Å². The van der Waals surface area contributed by atoms with E-state index in [0.717, 1.165) is 26.9 Å². The van der Waals surface area contributed by atoms with Crippen molar-refractivity contribution in [1.82, 2.24) is 9.78 Å². The molecule has 0 saturated heterocycles. The lowest BCUT2D eigenvalue weighted by atomic mass is 10.2. The van der Waals surface area contributed by atoms with Crippen molar-refractivity contribution in [3.8, 4) is 11.3 Å². The van der Waals surface area contributed by atoms with Crippen LogP contribution in [-0.2, 0) is 6.54 Å². The number of hydrogen-bond acceptors (Lipinski definition) is 1. The van der Waals surface area contributed by atoms with Crippen LogP contribution in [0, 0.1) is 4.64 Å². The van der Waals surface area contributed by atoms with Crippen LogP contribution in [0.15, 0.2) is 65.1 Å². The predicted octanol–water partition coefficient (Wildman–Crippen LogP) is 5.02. The molecule has 0 aliphatic rings. The molecule has 0 amide bonds. The molecule has 3 rings (SSSR count). The highest BCUT2D eigenvalue weighted by atomic mass is 79.9. The molecule has 0 atom stereocenters. The van der Waals surface area contributed by atoms with Gasteiger partial charge in [0, 0.05) is 4.47 Å². The van der Waals surface area contributed by atoms with Gasteiger partial charge < -0.3 is 0 Å². The lowest BCUT2D eigenvalue weighted by molar-refractivity contribution is 0.680. The summed E-state index contributed by atoms with van der Waals surface area (Å²) in [6.45, 7) is 0.749. The Kier molecular flexibility index (Phi) is 3.85. The van der Waals surface area contributed by atoms with Gasteiger partial charge in [0.1, 0.15) is 4.64 Å². The fourth-order valence-corrected chi connectivity index (χ4v) is 2.58. The summed E-state index contributed by atoms with van der Waals surface area (Å²) >= 11 is 8.87. The zero-order valence-electron chi connectivity index (χ0n) is 10.7. The van der Waals surface area contributed by atoms with E-state index < -0.39 is 0 Å². The number of halogens is 1. The Hall–Kier alpha value is -1.65. The third-order valence-corrected chi connectivity index (χ3v) is 3.99. The molecule has 0 aliphatic heterocycles. The molecule has 4 heteroatoms. The number of rotatable bonds is 3. The fourth-order valence-electron chi connectivity index (χ4n) is 2.09. The van der Waals surface area contributed by atoms with Crippen LogP contribution in [0.3, 0.4) is 0 Å². The Labute approximate surface area is 131 Å². The number of hydrogen-bond donors (Lipinski definition) is 1. The smallest absolute Gasteiger partial charge is 0.122 e. The number of aromatic amines is 1. The van der Waals surface area contributed by atoms with Gasteiger partial charge in [-0.1, -0.05) is 70.6 Å². The number of benzene rings is 2. The van der Waals surface area contributed by atoms with Crippen molar-refractivity contribution in [1.29, 1.82) is 0 Å². The van der Waals surface area contributed by atoms with Crippen molar-refractivity contribution in [3.05, 3.63) is 75.3 Å². The summed E-state index contributed by atoms with van der Waals surface area (Å²) < 4.78 is 3.88. The summed E-state index contributed by atoms with van der Waals surface area (Å²) in [5.41, 5.74) is 3.41. The molecule has 0 aliphatic carbocycles. The highest BCUT2D eigenvalue weighted by molar-refractivity contribution is 9.10. The van der Waals surface area contributed by atoms with Crippen LogP contribution in [0.5, 0.6) is 0 Å². The topological polar surface area (TPSA) is 20.7 Å². The summed E-state index contributed by atoms with van der Waals surface area (Å²) in [5.74, 6) is 0. The highest BCUT2D eigenvalue weighted by Crippen LogP contribution is 2.18. The number of aromatic nitrogens is 2. The van der Waals surface area contributed by atoms with Gasteiger partial charge in [0.15, 0.2) is 0 Å². The lowest BCUT2D eigenvalue weighted by Crippen LogP contribution is -2.01. The van der Waals surface area contributed by atoms with Crippen LogP contribution in [-0.4, -0.2) is 9.78 Å². The largest absolute Gasteiger partial charge is 0.297 e. The Morgan fingerprint density at radius 1 is 1.00 bits per heavy atom. The molecule has 3 aromatic rings. The first-order valence-electron chi connectivity index (χ1n) is 6.32. The molecule has 0 bridgehead atoms. The monoisotopic (exact) mass is 344 g/mol. The third-order valence-electron chi connectivity index (χ3n) is 3.13. The molecular formula is C16H13BrN2S. The van der Waals surface area contributed by atoms with Crippen molar-refractivity contribution in [2.24, 2.45) is 0 Å². The van der Waals surface area contributed by atoms with E-state index in [-0.39, 0.29) is 0 Å². The maximum atomic E-state index is 5.42. The third kappa shape index (κ3) is 2.92. The lowest BCUT2D eigenvalue weighted by Gasteiger charge is -2.04. The van der Waals surface area contributed by atoms with Crippen LogP contribution in [0.1, 0.15) is 5.56 Å². The summed E-state index contributed by atoms with van der Waals surface area (Å²) in [6, 6.07) is 20.5. The molecule has 100 valence electrons. The van der Waals surface area contributed by atoms with Gasteiger partial charge in [-0.05, 0) is 29.3 Å². The predicted molar refractivity (Wildman–Crippen MR) is 88.3 cm³/mol. The zero-order chi connectivity index (χ0) is 13.9. The molecule has 1 aromatic heterocycles. The minimum Gasteiger partial charge on any atom is -0.297 e. The Morgan fingerprint density at radius 2 is 1.70 bits per heavy atom. The van der Waals surface area contributed by atoms with Gasteiger partial charge in [-0.3, -0.25) is 9.78 Å². The Morgan fingerprint density at radius 3 is 2.40 bits per heavy atom. The van der Waals surface area contributed by atoms with Gasteiger partial charge in [0.25, 0.3) is 0 Å². The maximum absolute atomic E-state index is 5.42. The summed E-state index contributed by atoms with van der Waals surface area (Å²) in [7, 11) is 0. The quantitative estimate of drug-likeness (QED) is 0.661. The fraction of sp³-hybridized carbons (Fsp3) is 0.0625. The molecule has 2 aromatic carbocycles. The molecule has 20 heavy (non-hydrogen) atoms. The molecule has 0 spiro atoms. The summed E-state index contributed by atoms with van der Waals surface area (Å²) in [4.78, 5) is 0. The molecule has 0 fully saturated rings. The molecule has 0 saturated carbocycles. The number of nitrogens with one attached hydrogen (secondary N) is 1. The van der Waals surface area contributed by atoms with E-state index in [1.54, 1.807) is 0 Å². The molecule has 0 unspecified atom stereocenters. The van der Waals surface area contributed by atoms with Crippen LogP contribution in [0.2, 0.25) is 0 Å². The zero-order valence-corrected chi connectivity index (χ0v) is 13.1. The molecular weight excluding hydrogens is 332 g/mol. The van der Waals surface area contributed by atoms with Crippen molar-refractivity contribution in [2.45, 2.75) is 6.54 Å². The first kappa shape index (κ1) is 13.3. The second-order valence-corrected chi connectivity index (χ2v) is 5.92. The maximum Gasteiger partial charge on any atom is 0.122 e. The average Bonchev–Trinajstić information content (AvgIpc) is 2.84. The van der Waals surface area contributed by atoms with Crippen molar-refractivity contribution >= 4 is 28.1 Å². The molecule has 2 nitrogen and oxygen atoms in total. The van der Waals surface area contributed by atoms with E-state index in [2.05, 4.69) is 45.3 Å². The number of H-pyrrole nitrogens is 1. The van der Waals surface area contributed by atoms with Crippen molar-refractivity contribution in [2.75, 3.05) is 0 Å².